The highest BCUT2D eigenvalue weighted by Crippen LogP contribution is 2.26. The van der Waals surface area contributed by atoms with E-state index in [9.17, 15) is 4.79 Å². The molecule has 110 valence electrons. The van der Waals surface area contributed by atoms with E-state index in [1.807, 2.05) is 36.4 Å². The van der Waals surface area contributed by atoms with Gasteiger partial charge in [-0.3, -0.25) is 4.79 Å². The van der Waals surface area contributed by atoms with E-state index in [2.05, 4.69) is 30.3 Å². The molecule has 0 saturated carbocycles. The molecular weight excluding hydrogens is 274 g/mol. The monoisotopic (exact) mass is 291 g/mol. The molecule has 0 saturated heterocycles. The third kappa shape index (κ3) is 3.00. The van der Waals surface area contributed by atoms with Gasteiger partial charge in [0, 0.05) is 6.04 Å². The highest BCUT2D eigenvalue weighted by molar-refractivity contribution is 5.87. The molecule has 0 heterocycles. The number of carboxylic acids is 1. The summed E-state index contributed by atoms with van der Waals surface area (Å²) in [6.07, 6.45) is -0.0602. The van der Waals surface area contributed by atoms with Crippen LogP contribution in [0.25, 0.3) is 21.9 Å². The van der Waals surface area contributed by atoms with Crippen molar-refractivity contribution >= 4 is 16.7 Å². The van der Waals surface area contributed by atoms with Crippen LogP contribution in [0, 0.1) is 0 Å². The maximum atomic E-state index is 10.7. The van der Waals surface area contributed by atoms with Crippen molar-refractivity contribution < 1.29 is 9.90 Å². The fourth-order valence-electron chi connectivity index (χ4n) is 2.60. The molecule has 0 fully saturated rings. The van der Waals surface area contributed by atoms with Crippen molar-refractivity contribution in [3.8, 4) is 11.1 Å². The van der Waals surface area contributed by atoms with Crippen molar-refractivity contribution in [2.75, 3.05) is 0 Å². The van der Waals surface area contributed by atoms with E-state index < -0.39 is 12.0 Å². The normalized spacial score (nSPS) is 12.2. The molecule has 3 N–H and O–H groups in total. The van der Waals surface area contributed by atoms with Gasteiger partial charge in [0.1, 0.15) is 0 Å². The van der Waals surface area contributed by atoms with Crippen molar-refractivity contribution in [1.29, 1.82) is 0 Å². The summed E-state index contributed by atoms with van der Waals surface area (Å²) in [6, 6.07) is 21.9. The zero-order chi connectivity index (χ0) is 15.5. The van der Waals surface area contributed by atoms with Crippen molar-refractivity contribution in [2.45, 2.75) is 12.5 Å². The van der Waals surface area contributed by atoms with Crippen molar-refractivity contribution in [1.82, 2.24) is 0 Å². The Morgan fingerprint density at radius 1 is 0.909 bits per heavy atom. The predicted octanol–water partition coefficient (Wildman–Crippen LogP) is 3.98. The van der Waals surface area contributed by atoms with Crippen molar-refractivity contribution in [3.63, 3.8) is 0 Å². The van der Waals surface area contributed by atoms with Gasteiger partial charge in [0.05, 0.1) is 6.42 Å². The number of benzene rings is 3. The largest absolute Gasteiger partial charge is 0.481 e. The van der Waals surface area contributed by atoms with Crippen LogP contribution in [0.15, 0.2) is 66.7 Å². The zero-order valence-corrected chi connectivity index (χ0v) is 12.1. The average Bonchev–Trinajstić information content (AvgIpc) is 2.54. The van der Waals surface area contributed by atoms with E-state index in [0.717, 1.165) is 16.7 Å². The topological polar surface area (TPSA) is 63.3 Å². The van der Waals surface area contributed by atoms with Crippen LogP contribution in [0.5, 0.6) is 0 Å². The van der Waals surface area contributed by atoms with Crippen LogP contribution in [0.4, 0.5) is 0 Å². The van der Waals surface area contributed by atoms with Crippen LogP contribution in [-0.2, 0) is 4.79 Å². The molecule has 3 aromatic rings. The first kappa shape index (κ1) is 14.3. The molecule has 0 aliphatic rings. The first-order valence-corrected chi connectivity index (χ1v) is 7.20. The molecule has 1 unspecified atom stereocenters. The summed E-state index contributed by atoms with van der Waals surface area (Å²) in [5.74, 6) is -0.883. The summed E-state index contributed by atoms with van der Waals surface area (Å²) < 4.78 is 0. The Morgan fingerprint density at radius 2 is 1.55 bits per heavy atom. The van der Waals surface area contributed by atoms with E-state index in [0.29, 0.717) is 0 Å². The highest BCUT2D eigenvalue weighted by atomic mass is 16.4. The molecule has 0 spiro atoms. The molecular formula is C19H17NO2. The van der Waals surface area contributed by atoms with Crippen LogP contribution < -0.4 is 5.73 Å². The summed E-state index contributed by atoms with van der Waals surface area (Å²) >= 11 is 0. The van der Waals surface area contributed by atoms with Crippen LogP contribution >= 0.6 is 0 Å². The molecule has 3 aromatic carbocycles. The molecule has 3 nitrogen and oxygen atoms in total. The Balaban J connectivity index is 1.89. The minimum atomic E-state index is -0.883. The summed E-state index contributed by atoms with van der Waals surface area (Å²) in [5.41, 5.74) is 8.95. The van der Waals surface area contributed by atoms with Gasteiger partial charge in [-0.15, -0.1) is 0 Å². The van der Waals surface area contributed by atoms with E-state index in [-0.39, 0.29) is 6.42 Å². The number of carboxylic acid groups (broad SMARTS) is 1. The molecule has 0 aromatic heterocycles. The lowest BCUT2D eigenvalue weighted by Crippen LogP contribution is -2.14. The molecule has 3 rings (SSSR count). The lowest BCUT2D eigenvalue weighted by molar-refractivity contribution is -0.137. The number of hydrogen-bond donors (Lipinski definition) is 2. The van der Waals surface area contributed by atoms with Crippen LogP contribution in [-0.4, -0.2) is 11.1 Å². The number of rotatable bonds is 4. The van der Waals surface area contributed by atoms with E-state index in [1.54, 1.807) is 0 Å². The predicted molar refractivity (Wildman–Crippen MR) is 88.6 cm³/mol. The van der Waals surface area contributed by atoms with E-state index >= 15 is 0 Å². The van der Waals surface area contributed by atoms with Gasteiger partial charge in [-0.1, -0.05) is 60.7 Å². The maximum Gasteiger partial charge on any atom is 0.305 e. The summed E-state index contributed by atoms with van der Waals surface area (Å²) in [4.78, 5) is 10.7. The molecule has 0 aliphatic heterocycles. The summed E-state index contributed by atoms with van der Waals surface area (Å²) in [6.45, 7) is 0. The third-order valence-electron chi connectivity index (χ3n) is 3.82. The number of fused-ring (bicyclic) bond motifs is 1. The third-order valence-corrected chi connectivity index (χ3v) is 3.82. The first-order chi connectivity index (χ1) is 10.6. The second-order valence-electron chi connectivity index (χ2n) is 5.39. The number of carbonyl (C=O) groups is 1. The minimum absolute atomic E-state index is 0.0602. The van der Waals surface area contributed by atoms with E-state index in [4.69, 9.17) is 10.8 Å². The average molecular weight is 291 g/mol. The Hall–Kier alpha value is -2.65. The Labute approximate surface area is 129 Å². The molecule has 0 radical (unpaired) electrons. The molecule has 3 heteroatoms. The number of nitrogens with two attached hydrogens (primary N) is 1. The first-order valence-electron chi connectivity index (χ1n) is 7.20. The quantitative estimate of drug-likeness (QED) is 0.764. The van der Waals surface area contributed by atoms with Crippen molar-refractivity contribution in [2.24, 2.45) is 5.73 Å². The molecule has 0 amide bonds. The molecule has 22 heavy (non-hydrogen) atoms. The molecule has 0 bridgehead atoms. The fourth-order valence-corrected chi connectivity index (χ4v) is 2.60. The highest BCUT2D eigenvalue weighted by Gasteiger charge is 2.10. The van der Waals surface area contributed by atoms with Gasteiger partial charge in [0.15, 0.2) is 0 Å². The summed E-state index contributed by atoms with van der Waals surface area (Å²) in [5, 5.41) is 11.2. The second kappa shape index (κ2) is 6.00. The van der Waals surface area contributed by atoms with Gasteiger partial charge in [-0.2, -0.15) is 0 Å². The van der Waals surface area contributed by atoms with Crippen LogP contribution in [0.1, 0.15) is 18.0 Å². The fraction of sp³-hybridized carbons (Fsp3) is 0.105. The smallest absolute Gasteiger partial charge is 0.305 e. The zero-order valence-electron chi connectivity index (χ0n) is 12.1. The van der Waals surface area contributed by atoms with Crippen LogP contribution in [0.2, 0.25) is 0 Å². The second-order valence-corrected chi connectivity index (χ2v) is 5.39. The van der Waals surface area contributed by atoms with Gasteiger partial charge < -0.3 is 10.8 Å². The lowest BCUT2D eigenvalue weighted by atomic mass is 9.98. The molecule has 0 aliphatic carbocycles. The van der Waals surface area contributed by atoms with Gasteiger partial charge in [-0.25, -0.2) is 0 Å². The van der Waals surface area contributed by atoms with Gasteiger partial charge in [0.2, 0.25) is 0 Å². The number of hydrogen-bond acceptors (Lipinski definition) is 2. The van der Waals surface area contributed by atoms with E-state index in [1.165, 1.54) is 10.8 Å². The van der Waals surface area contributed by atoms with Gasteiger partial charge in [-0.05, 0) is 33.5 Å². The maximum absolute atomic E-state index is 10.7. The van der Waals surface area contributed by atoms with Gasteiger partial charge in [0.25, 0.3) is 0 Å². The Morgan fingerprint density at radius 3 is 2.23 bits per heavy atom. The van der Waals surface area contributed by atoms with Crippen LogP contribution in [0.3, 0.4) is 0 Å². The Bertz CT molecular complexity index is 809. The molecule has 1 atom stereocenters. The summed E-state index contributed by atoms with van der Waals surface area (Å²) in [7, 11) is 0. The minimum Gasteiger partial charge on any atom is -0.481 e. The lowest BCUT2D eigenvalue weighted by Gasteiger charge is -2.10. The Kier molecular flexibility index (Phi) is 3.90. The van der Waals surface area contributed by atoms with Crippen molar-refractivity contribution in [3.05, 3.63) is 72.3 Å². The standard InChI is InChI=1S/C19H17NO2/c20-18(12-19(21)22)15-8-5-14(6-9-15)17-10-7-13-3-1-2-4-16(13)11-17/h1-11,18H,12,20H2,(H,21,22). The SMILES string of the molecule is NC(CC(=O)O)c1ccc(-c2ccc3ccccc3c2)cc1. The van der Waals surface area contributed by atoms with Gasteiger partial charge >= 0.3 is 5.97 Å². The number of aliphatic carboxylic acids is 1.